The van der Waals surface area contributed by atoms with E-state index in [4.69, 9.17) is 10.00 Å². The van der Waals surface area contributed by atoms with E-state index in [0.29, 0.717) is 6.07 Å². The Kier molecular flexibility index (Phi) is 4.43. The van der Waals surface area contributed by atoms with Crippen molar-refractivity contribution in [1.82, 2.24) is 5.32 Å². The fraction of sp³-hybridized carbons (Fsp3) is 0.529. The summed E-state index contributed by atoms with van der Waals surface area (Å²) in [6.45, 7) is -0.0727. The lowest BCUT2D eigenvalue weighted by molar-refractivity contribution is -0.137. The molecular formula is C17H16F3N3O5S. The number of anilines is 1. The Labute approximate surface area is 164 Å². The minimum atomic E-state index is -4.79. The zero-order valence-electron chi connectivity index (χ0n) is 15.0. The molecule has 29 heavy (non-hydrogen) atoms. The monoisotopic (exact) mass is 431 g/mol. The molecular weight excluding hydrogens is 415 g/mol. The SMILES string of the molecule is COC(=O)N[C@H]1C[C@@H]2O[C@H]1[C@H]1CN(c3ccc(C#N)c(C(F)(F)F)c3)S(=O)(=O)[C@H]12. The van der Waals surface area contributed by atoms with E-state index < -0.39 is 62.8 Å². The highest BCUT2D eigenvalue weighted by atomic mass is 32.2. The number of fused-ring (bicyclic) bond motifs is 5. The molecule has 1 N–H and O–H groups in total. The van der Waals surface area contributed by atoms with E-state index >= 15 is 0 Å². The highest BCUT2D eigenvalue weighted by Gasteiger charge is 2.64. The molecule has 0 aliphatic carbocycles. The van der Waals surface area contributed by atoms with Gasteiger partial charge in [-0.3, -0.25) is 4.31 Å². The van der Waals surface area contributed by atoms with Crippen LogP contribution in [-0.4, -0.2) is 51.7 Å². The molecule has 0 radical (unpaired) electrons. The van der Waals surface area contributed by atoms with Crippen molar-refractivity contribution in [3.8, 4) is 6.07 Å². The zero-order valence-corrected chi connectivity index (χ0v) is 15.8. The Morgan fingerprint density at radius 3 is 2.76 bits per heavy atom. The smallest absolute Gasteiger partial charge is 0.417 e. The number of halogens is 3. The largest absolute Gasteiger partial charge is 0.453 e. The van der Waals surface area contributed by atoms with Crippen LogP contribution in [-0.2, 0) is 25.7 Å². The molecule has 0 spiro atoms. The van der Waals surface area contributed by atoms with Crippen LogP contribution >= 0.6 is 0 Å². The van der Waals surface area contributed by atoms with E-state index in [1.165, 1.54) is 19.2 Å². The van der Waals surface area contributed by atoms with Crippen LogP contribution in [0.3, 0.4) is 0 Å². The standard InChI is InChI=1S/C17H16F3N3O5S/c1-27-16(24)22-12-5-13-15-10(14(12)28-13)7-23(29(15,25)26)9-3-2-8(6-21)11(4-9)17(18,19)20/h2-4,10,12-15H,5,7H2,1H3,(H,22,24)/t10-,12+,13+,14+,15-/m1/s1. The van der Waals surface area contributed by atoms with Crippen LogP contribution in [0, 0.1) is 17.2 Å². The zero-order chi connectivity index (χ0) is 21.1. The lowest BCUT2D eigenvalue weighted by Gasteiger charge is -2.25. The van der Waals surface area contributed by atoms with E-state index in [9.17, 15) is 26.4 Å². The van der Waals surface area contributed by atoms with Gasteiger partial charge in [-0.2, -0.15) is 18.4 Å². The molecule has 0 saturated carbocycles. The van der Waals surface area contributed by atoms with E-state index in [-0.39, 0.29) is 18.7 Å². The average Bonchev–Trinajstić information content (AvgIpc) is 3.30. The molecule has 12 heteroatoms. The van der Waals surface area contributed by atoms with Gasteiger partial charge >= 0.3 is 12.3 Å². The molecule has 0 unspecified atom stereocenters. The van der Waals surface area contributed by atoms with Crippen molar-refractivity contribution >= 4 is 21.8 Å². The number of benzene rings is 1. The number of alkyl halides is 3. The third-order valence-electron chi connectivity index (χ3n) is 5.66. The minimum absolute atomic E-state index is 0.0727. The first kappa shape index (κ1) is 19.8. The molecule has 156 valence electrons. The van der Waals surface area contributed by atoms with Crippen molar-refractivity contribution in [3.05, 3.63) is 29.3 Å². The topological polar surface area (TPSA) is 109 Å². The molecule has 5 atom stereocenters. The predicted octanol–water partition coefficient (Wildman–Crippen LogP) is 1.61. The van der Waals surface area contributed by atoms with Gasteiger partial charge in [0.15, 0.2) is 0 Å². The molecule has 1 amide bonds. The first-order valence-corrected chi connectivity index (χ1v) is 10.2. The van der Waals surface area contributed by atoms with Gasteiger partial charge in [0.2, 0.25) is 10.0 Å². The fourth-order valence-electron chi connectivity index (χ4n) is 4.50. The van der Waals surface area contributed by atoms with Gasteiger partial charge in [-0.05, 0) is 24.6 Å². The number of ether oxygens (including phenoxy) is 2. The number of methoxy groups -OCH3 is 1. The van der Waals surface area contributed by atoms with Crippen LogP contribution < -0.4 is 9.62 Å². The molecule has 0 aromatic heterocycles. The minimum Gasteiger partial charge on any atom is -0.453 e. The number of nitrogens with zero attached hydrogens (tertiary/aromatic N) is 2. The van der Waals surface area contributed by atoms with Crippen molar-refractivity contribution in [1.29, 1.82) is 5.26 Å². The Bertz CT molecular complexity index is 1010. The molecule has 1 aromatic rings. The summed E-state index contributed by atoms with van der Waals surface area (Å²) in [5, 5.41) is 10.6. The molecule has 4 rings (SSSR count). The van der Waals surface area contributed by atoms with Gasteiger partial charge in [-0.1, -0.05) is 0 Å². The van der Waals surface area contributed by atoms with E-state index in [1.54, 1.807) is 0 Å². The summed E-state index contributed by atoms with van der Waals surface area (Å²) in [4.78, 5) is 11.5. The Morgan fingerprint density at radius 1 is 1.41 bits per heavy atom. The van der Waals surface area contributed by atoms with Gasteiger partial charge in [0, 0.05) is 12.5 Å². The summed E-state index contributed by atoms with van der Waals surface area (Å²) >= 11 is 0. The number of sulfonamides is 1. The van der Waals surface area contributed by atoms with Gasteiger partial charge in [-0.15, -0.1) is 0 Å². The molecule has 3 saturated heterocycles. The second kappa shape index (κ2) is 6.50. The molecule has 1 aromatic carbocycles. The summed E-state index contributed by atoms with van der Waals surface area (Å²) < 4.78 is 77.2. The number of nitrogens with one attached hydrogen (secondary N) is 1. The van der Waals surface area contributed by atoms with Crippen molar-refractivity contribution in [3.63, 3.8) is 0 Å². The number of hydrogen-bond acceptors (Lipinski definition) is 6. The van der Waals surface area contributed by atoms with Crippen LogP contribution in [0.1, 0.15) is 17.5 Å². The van der Waals surface area contributed by atoms with Crippen molar-refractivity contribution in [2.24, 2.45) is 5.92 Å². The highest BCUT2D eigenvalue weighted by molar-refractivity contribution is 7.93. The highest BCUT2D eigenvalue weighted by Crippen LogP contribution is 2.49. The quantitative estimate of drug-likeness (QED) is 0.762. The van der Waals surface area contributed by atoms with Crippen LogP contribution in [0.2, 0.25) is 0 Å². The number of amides is 1. The van der Waals surface area contributed by atoms with E-state index in [0.717, 1.165) is 10.4 Å². The first-order chi connectivity index (χ1) is 13.6. The first-order valence-electron chi connectivity index (χ1n) is 8.70. The third kappa shape index (κ3) is 3.00. The maximum Gasteiger partial charge on any atom is 0.417 e. The Morgan fingerprint density at radius 2 is 2.14 bits per heavy atom. The number of alkyl carbamates (subject to hydrolysis) is 1. The van der Waals surface area contributed by atoms with Crippen molar-refractivity contribution in [2.45, 2.75) is 36.1 Å². The van der Waals surface area contributed by atoms with Gasteiger partial charge in [-0.25, -0.2) is 13.2 Å². The number of hydrogen-bond donors (Lipinski definition) is 1. The number of carbonyl (C=O) groups excluding carboxylic acids is 1. The van der Waals surface area contributed by atoms with Crippen LogP contribution in [0.5, 0.6) is 0 Å². The molecule has 3 aliphatic heterocycles. The Hall–Kier alpha value is -2.52. The number of rotatable bonds is 2. The van der Waals surface area contributed by atoms with Crippen LogP contribution in [0.15, 0.2) is 18.2 Å². The van der Waals surface area contributed by atoms with Gasteiger partial charge in [0.05, 0.1) is 48.2 Å². The summed E-state index contributed by atoms with van der Waals surface area (Å²) in [7, 11) is -2.77. The lowest BCUT2D eigenvalue weighted by Crippen LogP contribution is -2.48. The maximum atomic E-state index is 13.3. The summed E-state index contributed by atoms with van der Waals surface area (Å²) in [6, 6.07) is 3.88. The van der Waals surface area contributed by atoms with Crippen LogP contribution in [0.25, 0.3) is 0 Å². The van der Waals surface area contributed by atoms with Crippen molar-refractivity contribution in [2.75, 3.05) is 18.0 Å². The normalized spacial score (nSPS) is 32.0. The van der Waals surface area contributed by atoms with Crippen LogP contribution in [0.4, 0.5) is 23.7 Å². The summed E-state index contributed by atoms with van der Waals surface area (Å²) in [5.74, 6) is -0.508. The van der Waals surface area contributed by atoms with E-state index in [2.05, 4.69) is 10.1 Å². The van der Waals surface area contributed by atoms with Gasteiger partial charge < -0.3 is 14.8 Å². The average molecular weight is 431 g/mol. The third-order valence-corrected chi connectivity index (χ3v) is 7.97. The molecule has 3 heterocycles. The second-order valence-electron chi connectivity index (χ2n) is 7.16. The molecule has 2 bridgehead atoms. The predicted molar refractivity (Wildman–Crippen MR) is 92.3 cm³/mol. The van der Waals surface area contributed by atoms with E-state index in [1.807, 2.05) is 0 Å². The summed E-state index contributed by atoms with van der Waals surface area (Å²) in [6.07, 6.45) is -6.43. The second-order valence-corrected chi connectivity index (χ2v) is 9.18. The lowest BCUT2D eigenvalue weighted by atomic mass is 9.85. The number of nitriles is 1. The Balaban J connectivity index is 1.66. The van der Waals surface area contributed by atoms with Gasteiger partial charge in [0.1, 0.15) is 5.25 Å². The fourth-order valence-corrected chi connectivity index (χ4v) is 6.82. The van der Waals surface area contributed by atoms with Crippen molar-refractivity contribution < 1.29 is 35.9 Å². The van der Waals surface area contributed by atoms with Gasteiger partial charge in [0.25, 0.3) is 0 Å². The number of carbonyl (C=O) groups is 1. The molecule has 3 aliphatic rings. The summed E-state index contributed by atoms with van der Waals surface area (Å²) in [5.41, 5.74) is -1.92. The molecule has 8 nitrogen and oxygen atoms in total. The maximum absolute atomic E-state index is 13.3. The molecule has 3 fully saturated rings.